The molecule has 0 unspecified atom stereocenters. The molecule has 4 rings (SSSR count). The third kappa shape index (κ3) is 2.46. The summed E-state index contributed by atoms with van der Waals surface area (Å²) in [5, 5.41) is 0. The Hall–Kier alpha value is -3.09. The molecule has 0 spiro atoms. The molecule has 1 aromatic carbocycles. The van der Waals surface area contributed by atoms with Gasteiger partial charge in [0.15, 0.2) is 11.2 Å². The molecule has 146 valence electrons. The third-order valence-electron chi connectivity index (χ3n) is 5.55. The van der Waals surface area contributed by atoms with Crippen molar-refractivity contribution in [2.24, 2.45) is 7.05 Å². The number of nitrogens with zero attached hydrogens (tertiary/aromatic N) is 5. The second-order valence-corrected chi connectivity index (χ2v) is 7.41. The summed E-state index contributed by atoms with van der Waals surface area (Å²) in [5.41, 5.74) is 4.40. The van der Waals surface area contributed by atoms with Gasteiger partial charge in [0.2, 0.25) is 5.78 Å². The Balaban J connectivity index is 2.13. The van der Waals surface area contributed by atoms with Crippen LogP contribution in [-0.2, 0) is 13.6 Å². The number of aromatic nitrogens is 5. The van der Waals surface area contributed by atoms with Crippen LogP contribution in [0.25, 0.3) is 22.6 Å². The van der Waals surface area contributed by atoms with Gasteiger partial charge in [-0.15, -0.1) is 0 Å². The Bertz CT molecular complexity index is 1320. The molecular weight excluding hydrogens is 354 g/mol. The molecule has 0 fully saturated rings. The van der Waals surface area contributed by atoms with Crippen LogP contribution in [0.4, 0.5) is 0 Å². The minimum Gasteiger partial charge on any atom is -0.283 e. The van der Waals surface area contributed by atoms with E-state index in [-0.39, 0.29) is 11.2 Å². The highest BCUT2D eigenvalue weighted by Gasteiger charge is 2.22. The number of rotatable bonds is 4. The van der Waals surface area contributed by atoms with Gasteiger partial charge >= 0.3 is 5.69 Å². The first kappa shape index (κ1) is 18.3. The van der Waals surface area contributed by atoms with Crippen LogP contribution >= 0.6 is 0 Å². The average molecular weight is 379 g/mol. The molecule has 0 saturated heterocycles. The lowest BCUT2D eigenvalue weighted by Gasteiger charge is -2.08. The molecule has 0 amide bonds. The molecule has 0 bridgehead atoms. The predicted octanol–water partition coefficient (Wildman–Crippen LogP) is 2.86. The molecule has 0 N–H and O–H groups in total. The SMILES string of the molecule is CCCCn1c(=O)c2c(nc3n(-c4ccc(C)cc4)c(C)c(C)n23)n(C)c1=O. The smallest absolute Gasteiger partial charge is 0.283 e. The molecule has 7 nitrogen and oxygen atoms in total. The third-order valence-corrected chi connectivity index (χ3v) is 5.55. The largest absolute Gasteiger partial charge is 0.332 e. The zero-order valence-corrected chi connectivity index (χ0v) is 17.0. The van der Waals surface area contributed by atoms with E-state index in [0.29, 0.717) is 23.5 Å². The minimum atomic E-state index is -0.317. The Kier molecular flexibility index (Phi) is 4.25. The van der Waals surface area contributed by atoms with Gasteiger partial charge in [-0.05, 0) is 39.3 Å². The van der Waals surface area contributed by atoms with Crippen LogP contribution in [0.5, 0.6) is 0 Å². The Labute approximate surface area is 162 Å². The lowest BCUT2D eigenvalue weighted by atomic mass is 10.2. The van der Waals surface area contributed by atoms with E-state index in [1.165, 1.54) is 14.7 Å². The van der Waals surface area contributed by atoms with Crippen molar-refractivity contribution in [3.05, 3.63) is 62.1 Å². The maximum absolute atomic E-state index is 13.2. The monoisotopic (exact) mass is 379 g/mol. The molecule has 0 radical (unpaired) electrons. The number of aryl methyl sites for hydroxylation is 3. The molecule has 0 aliphatic heterocycles. The van der Waals surface area contributed by atoms with E-state index in [9.17, 15) is 9.59 Å². The summed E-state index contributed by atoms with van der Waals surface area (Å²) in [6, 6.07) is 8.19. The highest BCUT2D eigenvalue weighted by Crippen LogP contribution is 2.24. The zero-order valence-electron chi connectivity index (χ0n) is 17.0. The predicted molar refractivity (Wildman–Crippen MR) is 111 cm³/mol. The van der Waals surface area contributed by atoms with Gasteiger partial charge in [-0.1, -0.05) is 31.0 Å². The van der Waals surface area contributed by atoms with Crippen LogP contribution < -0.4 is 11.2 Å². The minimum absolute atomic E-state index is 0.275. The van der Waals surface area contributed by atoms with Crippen LogP contribution in [0.1, 0.15) is 36.7 Å². The number of hydrogen-bond donors (Lipinski definition) is 0. The van der Waals surface area contributed by atoms with Gasteiger partial charge in [0.25, 0.3) is 5.56 Å². The summed E-state index contributed by atoms with van der Waals surface area (Å²) >= 11 is 0. The molecule has 0 saturated carbocycles. The second-order valence-electron chi connectivity index (χ2n) is 7.41. The van der Waals surface area contributed by atoms with Crippen LogP contribution in [-0.4, -0.2) is 23.1 Å². The number of imidazole rings is 2. The van der Waals surface area contributed by atoms with Crippen LogP contribution in [0.15, 0.2) is 33.9 Å². The van der Waals surface area contributed by atoms with Crippen molar-refractivity contribution in [1.29, 1.82) is 0 Å². The lowest BCUT2D eigenvalue weighted by molar-refractivity contribution is 0.566. The molecule has 0 atom stereocenters. The number of hydrogen-bond acceptors (Lipinski definition) is 3. The maximum atomic E-state index is 13.2. The fraction of sp³-hybridized carbons (Fsp3) is 0.381. The van der Waals surface area contributed by atoms with Gasteiger partial charge in [-0.25, -0.2) is 4.79 Å². The van der Waals surface area contributed by atoms with Gasteiger partial charge in [0.1, 0.15) is 0 Å². The van der Waals surface area contributed by atoms with Gasteiger partial charge in [0.05, 0.1) is 0 Å². The Morgan fingerprint density at radius 3 is 2.32 bits per heavy atom. The molecule has 0 aliphatic carbocycles. The zero-order chi connectivity index (χ0) is 20.2. The number of unbranched alkanes of at least 4 members (excludes halogenated alkanes) is 1. The summed E-state index contributed by atoms with van der Waals surface area (Å²) < 4.78 is 6.73. The summed E-state index contributed by atoms with van der Waals surface area (Å²) in [5.74, 6) is 0.647. The lowest BCUT2D eigenvalue weighted by Crippen LogP contribution is -2.39. The fourth-order valence-electron chi connectivity index (χ4n) is 3.77. The van der Waals surface area contributed by atoms with Crippen molar-refractivity contribution in [3.8, 4) is 5.69 Å². The normalized spacial score (nSPS) is 11.8. The highest BCUT2D eigenvalue weighted by atomic mass is 16.2. The summed E-state index contributed by atoms with van der Waals surface area (Å²) in [4.78, 5) is 30.7. The Morgan fingerprint density at radius 2 is 1.68 bits per heavy atom. The van der Waals surface area contributed by atoms with E-state index in [1.807, 2.05) is 48.8 Å². The molecule has 4 aromatic rings. The average Bonchev–Trinajstić information content (AvgIpc) is 3.17. The van der Waals surface area contributed by atoms with Crippen molar-refractivity contribution in [2.45, 2.75) is 47.1 Å². The van der Waals surface area contributed by atoms with Crippen molar-refractivity contribution in [1.82, 2.24) is 23.1 Å². The first-order valence-corrected chi connectivity index (χ1v) is 9.63. The molecule has 3 heterocycles. The van der Waals surface area contributed by atoms with Gasteiger partial charge in [-0.3, -0.25) is 22.9 Å². The van der Waals surface area contributed by atoms with Crippen molar-refractivity contribution in [3.63, 3.8) is 0 Å². The quantitative estimate of drug-likeness (QED) is 0.548. The topological polar surface area (TPSA) is 66.2 Å². The second kappa shape index (κ2) is 6.51. The number of benzene rings is 1. The van der Waals surface area contributed by atoms with E-state index in [4.69, 9.17) is 4.98 Å². The van der Waals surface area contributed by atoms with Crippen LogP contribution in [0.3, 0.4) is 0 Å². The maximum Gasteiger partial charge on any atom is 0.332 e. The molecule has 3 aromatic heterocycles. The van der Waals surface area contributed by atoms with Crippen molar-refractivity contribution >= 4 is 16.9 Å². The molecule has 7 heteroatoms. The van der Waals surface area contributed by atoms with Gasteiger partial charge < -0.3 is 0 Å². The van der Waals surface area contributed by atoms with Crippen LogP contribution in [0.2, 0.25) is 0 Å². The Morgan fingerprint density at radius 1 is 1.00 bits per heavy atom. The molecule has 0 aliphatic rings. The van der Waals surface area contributed by atoms with Crippen LogP contribution in [0, 0.1) is 20.8 Å². The van der Waals surface area contributed by atoms with E-state index in [1.54, 1.807) is 7.05 Å². The first-order valence-electron chi connectivity index (χ1n) is 9.63. The highest BCUT2D eigenvalue weighted by molar-refractivity contribution is 5.77. The van der Waals surface area contributed by atoms with E-state index < -0.39 is 0 Å². The van der Waals surface area contributed by atoms with Crippen molar-refractivity contribution in [2.75, 3.05) is 0 Å². The van der Waals surface area contributed by atoms with Crippen molar-refractivity contribution < 1.29 is 0 Å². The van der Waals surface area contributed by atoms with Gasteiger partial charge in [-0.2, -0.15) is 4.98 Å². The molecular formula is C21H25N5O2. The van der Waals surface area contributed by atoms with E-state index in [0.717, 1.165) is 29.9 Å². The fourth-order valence-corrected chi connectivity index (χ4v) is 3.77. The van der Waals surface area contributed by atoms with Gasteiger partial charge in [0, 0.05) is 30.7 Å². The summed E-state index contributed by atoms with van der Waals surface area (Å²) in [7, 11) is 1.68. The standard InChI is InChI=1S/C21H25N5O2/c1-6-7-12-24-19(27)17-18(23(5)21(24)28)22-20-25(14(3)15(4)26(17)20)16-10-8-13(2)9-11-16/h8-11H,6-7,12H2,1-5H3. The number of fused-ring (bicyclic) bond motifs is 3. The van der Waals surface area contributed by atoms with E-state index >= 15 is 0 Å². The first-order chi connectivity index (χ1) is 13.4. The summed E-state index contributed by atoms with van der Waals surface area (Å²) in [6.45, 7) is 8.51. The summed E-state index contributed by atoms with van der Waals surface area (Å²) in [6.07, 6.45) is 1.70. The molecule has 28 heavy (non-hydrogen) atoms. The van der Waals surface area contributed by atoms with E-state index in [2.05, 4.69) is 12.1 Å².